The van der Waals surface area contributed by atoms with Gasteiger partial charge < -0.3 is 15.0 Å². The van der Waals surface area contributed by atoms with Crippen LogP contribution in [-0.4, -0.2) is 54.2 Å². The Morgan fingerprint density at radius 2 is 2.20 bits per heavy atom. The molecule has 1 fully saturated rings. The average molecular weight is 347 g/mol. The van der Waals surface area contributed by atoms with Crippen molar-refractivity contribution in [2.24, 2.45) is 0 Å². The van der Waals surface area contributed by atoms with Crippen LogP contribution in [-0.2, 0) is 16.0 Å². The smallest absolute Gasteiger partial charge is 0.224 e. The molecule has 6 heteroatoms. The van der Waals surface area contributed by atoms with E-state index in [0.717, 1.165) is 29.7 Å². The van der Waals surface area contributed by atoms with E-state index in [4.69, 9.17) is 4.74 Å². The normalized spacial score (nSPS) is 21.4. The number of aryl methyl sites for hydroxylation is 1. The molecule has 1 aliphatic heterocycles. The summed E-state index contributed by atoms with van der Waals surface area (Å²) < 4.78 is 19.4. The van der Waals surface area contributed by atoms with Crippen LogP contribution in [0.1, 0.15) is 25.1 Å². The van der Waals surface area contributed by atoms with Crippen LogP contribution in [0.2, 0.25) is 0 Å². The Kier molecular flexibility index (Phi) is 5.11. The Morgan fingerprint density at radius 3 is 2.88 bits per heavy atom. The highest BCUT2D eigenvalue weighted by molar-refractivity contribution is 5.90. The summed E-state index contributed by atoms with van der Waals surface area (Å²) in [7, 11) is 1.68. The number of amides is 1. The van der Waals surface area contributed by atoms with Crippen molar-refractivity contribution in [3.05, 3.63) is 35.3 Å². The van der Waals surface area contributed by atoms with Crippen LogP contribution in [0.25, 0.3) is 10.9 Å². The number of ether oxygens (including phenoxy) is 1. The number of nitrogens with one attached hydrogen (secondary N) is 2. The number of fused-ring (bicyclic) bond motifs is 1. The molecule has 1 aromatic heterocycles. The zero-order chi connectivity index (χ0) is 18.1. The topological polar surface area (TPSA) is 57.4 Å². The monoisotopic (exact) mass is 347 g/mol. The number of para-hydroxylation sites is 1. The number of methoxy groups -OCH3 is 1. The van der Waals surface area contributed by atoms with Crippen LogP contribution in [0.15, 0.2) is 18.2 Å². The van der Waals surface area contributed by atoms with E-state index in [1.54, 1.807) is 13.2 Å². The highest BCUT2D eigenvalue weighted by atomic mass is 19.1. The van der Waals surface area contributed by atoms with Gasteiger partial charge in [0.2, 0.25) is 5.91 Å². The fourth-order valence-electron chi connectivity index (χ4n) is 3.62. The summed E-state index contributed by atoms with van der Waals surface area (Å²) in [5.74, 6) is -0.360. The summed E-state index contributed by atoms with van der Waals surface area (Å²) in [6, 6.07) is 5.33. The van der Waals surface area contributed by atoms with E-state index in [-0.39, 0.29) is 30.3 Å². The third-order valence-electron chi connectivity index (χ3n) is 5.12. The fraction of sp³-hybridized carbons (Fsp3) is 0.526. The van der Waals surface area contributed by atoms with E-state index in [1.807, 2.05) is 13.0 Å². The van der Waals surface area contributed by atoms with Crippen LogP contribution in [0.4, 0.5) is 4.39 Å². The number of hydrogen-bond acceptors (Lipinski definition) is 3. The number of H-pyrrole nitrogens is 1. The molecule has 3 rings (SSSR count). The first-order valence-electron chi connectivity index (χ1n) is 8.72. The van der Waals surface area contributed by atoms with Gasteiger partial charge in [0.25, 0.3) is 0 Å². The first-order chi connectivity index (χ1) is 11.9. The van der Waals surface area contributed by atoms with E-state index < -0.39 is 0 Å². The Bertz CT molecular complexity index is 771. The molecule has 1 amide bonds. The molecule has 1 aliphatic rings. The lowest BCUT2D eigenvalue weighted by atomic mass is 10.1. The third kappa shape index (κ3) is 3.55. The van der Waals surface area contributed by atoms with Gasteiger partial charge in [-0.25, -0.2) is 4.39 Å². The second kappa shape index (κ2) is 7.14. The number of nitrogens with zero attached hydrogens (tertiary/aromatic N) is 1. The van der Waals surface area contributed by atoms with Gasteiger partial charge in [-0.2, -0.15) is 0 Å². The number of rotatable bonds is 5. The van der Waals surface area contributed by atoms with Crippen LogP contribution >= 0.6 is 0 Å². The zero-order valence-electron chi connectivity index (χ0n) is 15.2. The molecule has 5 nitrogen and oxygen atoms in total. The van der Waals surface area contributed by atoms with Crippen molar-refractivity contribution < 1.29 is 13.9 Å². The molecule has 0 spiro atoms. The predicted octanol–water partition coefficient (Wildman–Crippen LogP) is 2.38. The van der Waals surface area contributed by atoms with Crippen LogP contribution < -0.4 is 5.32 Å². The number of aromatic nitrogens is 1. The minimum atomic E-state index is -0.296. The van der Waals surface area contributed by atoms with Gasteiger partial charge in [-0.1, -0.05) is 12.1 Å². The summed E-state index contributed by atoms with van der Waals surface area (Å²) in [6.45, 7) is 7.75. The van der Waals surface area contributed by atoms with E-state index >= 15 is 0 Å². The SMILES string of the molecule is CO[C@@H]1CN(C(C)C)C[C@H]1NC(=O)Cc1c(C)[nH]c2c(F)cccc12. The molecule has 0 unspecified atom stereocenters. The number of aromatic amines is 1. The summed E-state index contributed by atoms with van der Waals surface area (Å²) in [6.07, 6.45) is 0.219. The lowest BCUT2D eigenvalue weighted by Gasteiger charge is -2.20. The standard InChI is InChI=1S/C19H26FN3O2/c1-11(2)23-9-16(17(10-23)25-4)22-18(24)8-14-12(3)21-19-13(14)6-5-7-15(19)20/h5-7,11,16-17,21H,8-10H2,1-4H3,(H,22,24)/t16-,17-/m1/s1. The second-order valence-electron chi connectivity index (χ2n) is 7.06. The minimum absolute atomic E-state index is 0.00661. The molecule has 0 saturated carbocycles. The fourth-order valence-corrected chi connectivity index (χ4v) is 3.62. The van der Waals surface area contributed by atoms with Crippen LogP contribution in [0.3, 0.4) is 0 Å². The molecule has 0 radical (unpaired) electrons. The lowest BCUT2D eigenvalue weighted by Crippen LogP contribution is -2.44. The Balaban J connectivity index is 1.73. The maximum atomic E-state index is 13.9. The average Bonchev–Trinajstić information content (AvgIpc) is 3.10. The lowest BCUT2D eigenvalue weighted by molar-refractivity contribution is -0.121. The number of halogens is 1. The van der Waals surface area contributed by atoms with E-state index in [0.29, 0.717) is 11.6 Å². The maximum Gasteiger partial charge on any atom is 0.224 e. The molecule has 1 aromatic carbocycles. The van der Waals surface area contributed by atoms with Crippen molar-refractivity contribution >= 4 is 16.8 Å². The number of carbonyl (C=O) groups excluding carboxylic acids is 1. The molecule has 2 N–H and O–H groups in total. The van der Waals surface area contributed by atoms with Gasteiger partial charge >= 0.3 is 0 Å². The van der Waals surface area contributed by atoms with Gasteiger partial charge in [0, 0.05) is 37.3 Å². The van der Waals surface area contributed by atoms with Gasteiger partial charge in [0.15, 0.2) is 0 Å². The molecule has 2 aromatic rings. The quantitative estimate of drug-likeness (QED) is 0.873. The number of carbonyl (C=O) groups is 1. The van der Waals surface area contributed by atoms with Gasteiger partial charge in [-0.3, -0.25) is 9.69 Å². The molecule has 136 valence electrons. The van der Waals surface area contributed by atoms with Crippen molar-refractivity contribution in [3.8, 4) is 0 Å². The number of likely N-dealkylation sites (tertiary alicyclic amines) is 1. The Hall–Kier alpha value is -1.92. The number of hydrogen-bond donors (Lipinski definition) is 2. The maximum absolute atomic E-state index is 13.9. The van der Waals surface area contributed by atoms with Gasteiger partial charge in [0.1, 0.15) is 5.82 Å². The molecule has 0 aliphatic carbocycles. The van der Waals surface area contributed by atoms with Gasteiger partial charge in [0.05, 0.1) is 24.1 Å². The van der Waals surface area contributed by atoms with Crippen LogP contribution in [0.5, 0.6) is 0 Å². The third-order valence-corrected chi connectivity index (χ3v) is 5.12. The first-order valence-corrected chi connectivity index (χ1v) is 8.72. The Labute approximate surface area is 147 Å². The minimum Gasteiger partial charge on any atom is -0.378 e. The molecular formula is C19H26FN3O2. The van der Waals surface area contributed by atoms with Crippen LogP contribution in [0, 0.1) is 12.7 Å². The summed E-state index contributed by atoms with van der Waals surface area (Å²) in [5, 5.41) is 3.87. The van der Waals surface area contributed by atoms with Crippen molar-refractivity contribution in [1.82, 2.24) is 15.2 Å². The highest BCUT2D eigenvalue weighted by Crippen LogP contribution is 2.25. The molecule has 1 saturated heterocycles. The molecule has 2 atom stereocenters. The Morgan fingerprint density at radius 1 is 1.44 bits per heavy atom. The van der Waals surface area contributed by atoms with Gasteiger partial charge in [-0.05, 0) is 32.4 Å². The molecule has 2 heterocycles. The van der Waals surface area contributed by atoms with E-state index in [9.17, 15) is 9.18 Å². The molecule has 0 bridgehead atoms. The predicted molar refractivity (Wildman–Crippen MR) is 96.1 cm³/mol. The summed E-state index contributed by atoms with van der Waals surface area (Å²) in [4.78, 5) is 17.9. The second-order valence-corrected chi connectivity index (χ2v) is 7.06. The van der Waals surface area contributed by atoms with Crippen molar-refractivity contribution in [2.45, 2.75) is 45.4 Å². The van der Waals surface area contributed by atoms with E-state index in [1.165, 1.54) is 6.07 Å². The van der Waals surface area contributed by atoms with Crippen molar-refractivity contribution in [1.29, 1.82) is 0 Å². The largest absolute Gasteiger partial charge is 0.378 e. The highest BCUT2D eigenvalue weighted by Gasteiger charge is 2.35. The first kappa shape index (κ1) is 17.9. The number of benzene rings is 1. The molecular weight excluding hydrogens is 321 g/mol. The van der Waals surface area contributed by atoms with Crippen molar-refractivity contribution in [2.75, 3.05) is 20.2 Å². The zero-order valence-corrected chi connectivity index (χ0v) is 15.2. The summed E-state index contributed by atoms with van der Waals surface area (Å²) >= 11 is 0. The molecule has 25 heavy (non-hydrogen) atoms. The van der Waals surface area contributed by atoms with Crippen molar-refractivity contribution in [3.63, 3.8) is 0 Å². The summed E-state index contributed by atoms with van der Waals surface area (Å²) in [5.41, 5.74) is 2.14. The van der Waals surface area contributed by atoms with Gasteiger partial charge in [-0.15, -0.1) is 0 Å². The van der Waals surface area contributed by atoms with E-state index in [2.05, 4.69) is 29.0 Å².